The molecule has 0 saturated heterocycles. The zero-order valence-corrected chi connectivity index (χ0v) is 15.5. The van der Waals surface area contributed by atoms with Crippen molar-refractivity contribution in [3.8, 4) is 22.9 Å². The van der Waals surface area contributed by atoms with Gasteiger partial charge in [0.2, 0.25) is 0 Å². The van der Waals surface area contributed by atoms with Crippen molar-refractivity contribution < 1.29 is 9.47 Å². The molecule has 27 heavy (non-hydrogen) atoms. The maximum atomic E-state index is 11.8. The van der Waals surface area contributed by atoms with Gasteiger partial charge in [0.15, 0.2) is 6.10 Å². The molecule has 0 fully saturated rings. The van der Waals surface area contributed by atoms with Gasteiger partial charge in [0.1, 0.15) is 12.4 Å². The summed E-state index contributed by atoms with van der Waals surface area (Å²) in [6.45, 7) is 5.10. The molecule has 0 aliphatic carbocycles. The first-order chi connectivity index (χ1) is 13.1. The number of hydrogen-bond donors (Lipinski definition) is 0. The van der Waals surface area contributed by atoms with Gasteiger partial charge >= 0.3 is 0 Å². The molecule has 3 aromatic rings. The van der Waals surface area contributed by atoms with Crippen LogP contribution in [0.25, 0.3) is 11.1 Å². The predicted molar refractivity (Wildman–Crippen MR) is 104 cm³/mol. The first-order valence-corrected chi connectivity index (χ1v) is 9.20. The number of hydrogen-bond acceptors (Lipinski definition) is 4. The molecule has 0 spiro atoms. The monoisotopic (exact) mass is 362 g/mol. The minimum absolute atomic E-state index is 0.153. The molecular formula is C22H22N2O3. The minimum Gasteiger partial charge on any atom is -0.490 e. The third kappa shape index (κ3) is 3.58. The normalized spacial score (nSPS) is 15.3. The fourth-order valence-electron chi connectivity index (χ4n) is 3.30. The lowest BCUT2D eigenvalue weighted by Crippen LogP contribution is -2.23. The Kier molecular flexibility index (Phi) is 4.67. The van der Waals surface area contributed by atoms with Gasteiger partial charge in [-0.3, -0.25) is 9.36 Å². The summed E-state index contributed by atoms with van der Waals surface area (Å²) < 4.78 is 13.5. The molecule has 5 nitrogen and oxygen atoms in total. The zero-order valence-electron chi connectivity index (χ0n) is 15.5. The largest absolute Gasteiger partial charge is 0.490 e. The molecule has 0 unspecified atom stereocenters. The molecule has 1 atom stereocenters. The molecule has 1 aliphatic heterocycles. The van der Waals surface area contributed by atoms with Crippen molar-refractivity contribution in [2.75, 3.05) is 6.61 Å². The molecule has 0 N–H and O–H groups in total. The molecule has 2 aromatic carbocycles. The Hall–Kier alpha value is -3.08. The van der Waals surface area contributed by atoms with E-state index in [-0.39, 0.29) is 11.7 Å². The van der Waals surface area contributed by atoms with E-state index in [2.05, 4.69) is 36.2 Å². The number of aryl methyl sites for hydroxylation is 2. The van der Waals surface area contributed by atoms with Crippen LogP contribution in [0.15, 0.2) is 59.5 Å². The van der Waals surface area contributed by atoms with Gasteiger partial charge in [0.05, 0.1) is 6.54 Å². The maximum Gasteiger partial charge on any atom is 0.300 e. The van der Waals surface area contributed by atoms with Crippen molar-refractivity contribution in [1.29, 1.82) is 0 Å². The molecular weight excluding hydrogens is 340 g/mol. The third-order valence-electron chi connectivity index (χ3n) is 4.83. The molecule has 1 aromatic heterocycles. The van der Waals surface area contributed by atoms with Gasteiger partial charge < -0.3 is 9.47 Å². The first-order valence-electron chi connectivity index (χ1n) is 9.20. The summed E-state index contributed by atoms with van der Waals surface area (Å²) >= 11 is 0. The molecule has 0 amide bonds. The highest BCUT2D eigenvalue weighted by Gasteiger charge is 2.24. The second kappa shape index (κ2) is 7.27. The van der Waals surface area contributed by atoms with Crippen LogP contribution in [-0.4, -0.2) is 22.3 Å². The Labute approximate surface area is 158 Å². The number of rotatable bonds is 5. The second-order valence-electron chi connectivity index (χ2n) is 6.75. The summed E-state index contributed by atoms with van der Waals surface area (Å²) in [4.78, 5) is 15.8. The standard InChI is InChI=1S/C22H22N2O3/c1-3-16-12-24-13-19(27-22(24)23-21(16)25)14-26-18-10-8-17(9-11-18)20-7-5-4-6-15(20)2/h4-12,19H,3,13-14H2,1-2H3/t19-/m0/s1. The van der Waals surface area contributed by atoms with Crippen LogP contribution in [0.3, 0.4) is 0 Å². The van der Waals surface area contributed by atoms with E-state index in [0.717, 1.165) is 5.75 Å². The average Bonchev–Trinajstić information content (AvgIpc) is 3.08. The van der Waals surface area contributed by atoms with E-state index in [1.54, 1.807) is 0 Å². The number of nitrogens with zero attached hydrogens (tertiary/aromatic N) is 2. The summed E-state index contributed by atoms with van der Waals surface area (Å²) in [7, 11) is 0. The van der Waals surface area contributed by atoms with Crippen molar-refractivity contribution >= 4 is 0 Å². The SMILES string of the molecule is CCc1cn2c(nc1=O)O[C@H](COc1ccc(-c3ccccc3C)cc1)C2. The summed E-state index contributed by atoms with van der Waals surface area (Å²) in [6.07, 6.45) is 2.35. The van der Waals surface area contributed by atoms with Gasteiger partial charge in [-0.25, -0.2) is 0 Å². The van der Waals surface area contributed by atoms with Crippen molar-refractivity contribution in [1.82, 2.24) is 9.55 Å². The summed E-state index contributed by atoms with van der Waals surface area (Å²) in [5.74, 6) is 0.795. The third-order valence-corrected chi connectivity index (χ3v) is 4.83. The van der Waals surface area contributed by atoms with Crippen LogP contribution in [0.2, 0.25) is 0 Å². The van der Waals surface area contributed by atoms with Crippen LogP contribution >= 0.6 is 0 Å². The van der Waals surface area contributed by atoms with Crippen LogP contribution in [0.1, 0.15) is 18.1 Å². The van der Waals surface area contributed by atoms with Crippen LogP contribution in [0.5, 0.6) is 11.8 Å². The van der Waals surface area contributed by atoms with Crippen molar-refractivity contribution in [3.05, 3.63) is 76.2 Å². The van der Waals surface area contributed by atoms with Crippen LogP contribution in [0, 0.1) is 6.92 Å². The van der Waals surface area contributed by atoms with Gasteiger partial charge in [-0.1, -0.05) is 43.3 Å². The van der Waals surface area contributed by atoms with Gasteiger partial charge in [-0.15, -0.1) is 0 Å². The Morgan fingerprint density at radius 2 is 1.96 bits per heavy atom. The van der Waals surface area contributed by atoms with E-state index >= 15 is 0 Å². The second-order valence-corrected chi connectivity index (χ2v) is 6.75. The minimum atomic E-state index is -0.211. The summed E-state index contributed by atoms with van der Waals surface area (Å²) in [6, 6.07) is 16.8. The molecule has 5 heteroatoms. The quantitative estimate of drug-likeness (QED) is 0.696. The Morgan fingerprint density at radius 3 is 2.70 bits per heavy atom. The van der Waals surface area contributed by atoms with Crippen LogP contribution in [0.4, 0.5) is 0 Å². The lowest BCUT2D eigenvalue weighted by atomic mass is 10.0. The number of benzene rings is 2. The maximum absolute atomic E-state index is 11.8. The lowest BCUT2D eigenvalue weighted by Gasteiger charge is -2.12. The summed E-state index contributed by atoms with van der Waals surface area (Å²) in [5.41, 5.74) is 4.13. The molecule has 4 rings (SSSR count). The Balaban J connectivity index is 1.40. The van der Waals surface area contributed by atoms with E-state index in [9.17, 15) is 4.79 Å². The highest BCUT2D eigenvalue weighted by molar-refractivity contribution is 5.67. The van der Waals surface area contributed by atoms with Crippen molar-refractivity contribution in [2.24, 2.45) is 0 Å². The number of aromatic nitrogens is 2. The van der Waals surface area contributed by atoms with Gasteiger partial charge in [-0.2, -0.15) is 4.98 Å². The Morgan fingerprint density at radius 1 is 1.19 bits per heavy atom. The number of fused-ring (bicyclic) bond motifs is 1. The lowest BCUT2D eigenvalue weighted by molar-refractivity contribution is 0.143. The highest BCUT2D eigenvalue weighted by atomic mass is 16.6. The molecule has 1 aliphatic rings. The average molecular weight is 362 g/mol. The van der Waals surface area contributed by atoms with Gasteiger partial charge in [0.25, 0.3) is 11.6 Å². The van der Waals surface area contributed by atoms with E-state index in [1.807, 2.05) is 42.0 Å². The molecule has 2 heterocycles. The fraction of sp³-hybridized carbons (Fsp3) is 0.273. The topological polar surface area (TPSA) is 53.4 Å². The molecule has 0 bridgehead atoms. The van der Waals surface area contributed by atoms with Crippen molar-refractivity contribution in [2.45, 2.75) is 32.9 Å². The first kappa shape index (κ1) is 17.3. The molecule has 0 radical (unpaired) electrons. The Bertz CT molecular complexity index is 1010. The molecule has 138 valence electrons. The number of ether oxygens (including phenoxy) is 2. The van der Waals surface area contributed by atoms with Crippen LogP contribution < -0.4 is 15.0 Å². The highest BCUT2D eigenvalue weighted by Crippen LogP contribution is 2.26. The zero-order chi connectivity index (χ0) is 18.8. The van der Waals surface area contributed by atoms with E-state index in [1.165, 1.54) is 16.7 Å². The van der Waals surface area contributed by atoms with Gasteiger partial charge in [-0.05, 0) is 42.2 Å². The van der Waals surface area contributed by atoms with Crippen LogP contribution in [-0.2, 0) is 13.0 Å². The smallest absolute Gasteiger partial charge is 0.300 e. The fourth-order valence-corrected chi connectivity index (χ4v) is 3.30. The van der Waals surface area contributed by atoms with E-state index in [0.29, 0.717) is 31.1 Å². The van der Waals surface area contributed by atoms with E-state index < -0.39 is 0 Å². The molecule has 0 saturated carbocycles. The van der Waals surface area contributed by atoms with E-state index in [4.69, 9.17) is 9.47 Å². The van der Waals surface area contributed by atoms with Gasteiger partial charge in [0, 0.05) is 11.8 Å². The summed E-state index contributed by atoms with van der Waals surface area (Å²) in [5, 5.41) is 0. The van der Waals surface area contributed by atoms with Crippen molar-refractivity contribution in [3.63, 3.8) is 0 Å². The predicted octanol–water partition coefficient (Wildman–Crippen LogP) is 3.62.